The zero-order valence-electron chi connectivity index (χ0n) is 25.1. The third-order valence-electron chi connectivity index (χ3n) is 7.28. The number of hydrogen-bond donors (Lipinski definition) is 0. The van der Waals surface area contributed by atoms with Crippen LogP contribution in [0.2, 0.25) is 0 Å². The molecular formula is C35H40N2O5. The van der Waals surface area contributed by atoms with E-state index in [1.807, 2.05) is 112 Å². The lowest BCUT2D eigenvalue weighted by Crippen LogP contribution is -2.52. The van der Waals surface area contributed by atoms with Crippen LogP contribution in [0.25, 0.3) is 0 Å². The first-order valence-electron chi connectivity index (χ1n) is 14.1. The average Bonchev–Trinajstić information content (AvgIpc) is 3.51. The van der Waals surface area contributed by atoms with E-state index in [9.17, 15) is 9.59 Å². The lowest BCUT2D eigenvalue weighted by molar-refractivity contribution is -0.145. The van der Waals surface area contributed by atoms with Gasteiger partial charge >= 0.3 is 0 Å². The number of nitrogens with zero attached hydrogens (tertiary/aromatic N) is 2. The summed E-state index contributed by atoms with van der Waals surface area (Å²) in [6.45, 7) is 6.56. The predicted molar refractivity (Wildman–Crippen MR) is 164 cm³/mol. The number of furan rings is 1. The van der Waals surface area contributed by atoms with Gasteiger partial charge in [-0.05, 0) is 68.1 Å². The highest BCUT2D eigenvalue weighted by atomic mass is 16.5. The molecule has 42 heavy (non-hydrogen) atoms. The Kier molecular flexibility index (Phi) is 10.1. The normalized spacial score (nSPS) is 11.3. The summed E-state index contributed by atoms with van der Waals surface area (Å²) in [7, 11) is 3.20. The third-order valence-corrected chi connectivity index (χ3v) is 7.28. The van der Waals surface area contributed by atoms with Gasteiger partial charge in [-0.2, -0.15) is 0 Å². The number of hydrogen-bond acceptors (Lipinski definition) is 5. The van der Waals surface area contributed by atoms with Gasteiger partial charge in [0.2, 0.25) is 11.8 Å². The first-order chi connectivity index (χ1) is 20.2. The SMILES string of the molecule is COc1ccc(CCN(Cc2ccco2)C(=O)CN(C(=O)C(c2ccccc2)c2ccccc2)C(C)(C)C)cc1OC. The van der Waals surface area contributed by atoms with Crippen LogP contribution in [0.1, 0.15) is 49.1 Å². The van der Waals surface area contributed by atoms with Gasteiger partial charge in [-0.1, -0.05) is 66.7 Å². The highest BCUT2D eigenvalue weighted by Gasteiger charge is 2.36. The molecule has 220 valence electrons. The zero-order chi connectivity index (χ0) is 30.1. The van der Waals surface area contributed by atoms with E-state index in [1.54, 1.807) is 30.3 Å². The first kappa shape index (κ1) is 30.4. The van der Waals surface area contributed by atoms with Crippen molar-refractivity contribution in [1.29, 1.82) is 0 Å². The summed E-state index contributed by atoms with van der Waals surface area (Å²) in [6, 6.07) is 28.9. The summed E-state index contributed by atoms with van der Waals surface area (Å²) in [5.74, 6) is 1.15. The second-order valence-electron chi connectivity index (χ2n) is 11.2. The molecule has 0 radical (unpaired) electrons. The lowest BCUT2D eigenvalue weighted by Gasteiger charge is -2.39. The fourth-order valence-electron chi connectivity index (χ4n) is 4.99. The molecule has 0 bridgehead atoms. The van der Waals surface area contributed by atoms with E-state index in [4.69, 9.17) is 13.9 Å². The minimum atomic E-state index is -0.603. The van der Waals surface area contributed by atoms with Crippen molar-refractivity contribution >= 4 is 11.8 Å². The van der Waals surface area contributed by atoms with Crippen molar-refractivity contribution in [3.63, 3.8) is 0 Å². The Hall–Kier alpha value is -4.52. The van der Waals surface area contributed by atoms with Crippen LogP contribution in [-0.4, -0.2) is 54.5 Å². The van der Waals surface area contributed by atoms with Gasteiger partial charge in [0.15, 0.2) is 11.5 Å². The molecule has 0 saturated heterocycles. The average molecular weight is 569 g/mol. The molecule has 0 N–H and O–H groups in total. The van der Waals surface area contributed by atoms with E-state index < -0.39 is 11.5 Å². The van der Waals surface area contributed by atoms with Crippen molar-refractivity contribution < 1.29 is 23.5 Å². The number of carbonyl (C=O) groups is 2. The molecule has 0 fully saturated rings. The van der Waals surface area contributed by atoms with E-state index >= 15 is 0 Å². The molecule has 4 aromatic rings. The molecule has 0 saturated carbocycles. The van der Waals surface area contributed by atoms with Crippen molar-refractivity contribution in [2.75, 3.05) is 27.3 Å². The minimum Gasteiger partial charge on any atom is -0.493 e. The Labute approximate surface area is 248 Å². The predicted octanol–water partition coefficient (Wildman–Crippen LogP) is 6.33. The van der Waals surface area contributed by atoms with Crippen molar-refractivity contribution in [3.05, 3.63) is 120 Å². The van der Waals surface area contributed by atoms with Crippen molar-refractivity contribution in [1.82, 2.24) is 9.80 Å². The molecular weight excluding hydrogens is 528 g/mol. The van der Waals surface area contributed by atoms with E-state index in [0.29, 0.717) is 36.8 Å². The zero-order valence-corrected chi connectivity index (χ0v) is 25.1. The Morgan fingerprint density at radius 2 is 1.43 bits per heavy atom. The van der Waals surface area contributed by atoms with Gasteiger partial charge in [-0.15, -0.1) is 0 Å². The van der Waals surface area contributed by atoms with Crippen LogP contribution in [0.4, 0.5) is 0 Å². The number of methoxy groups -OCH3 is 2. The number of rotatable bonds is 12. The fraction of sp³-hybridized carbons (Fsp3) is 0.314. The maximum absolute atomic E-state index is 14.4. The fourth-order valence-corrected chi connectivity index (χ4v) is 4.99. The molecule has 3 aromatic carbocycles. The van der Waals surface area contributed by atoms with Crippen LogP contribution in [-0.2, 0) is 22.6 Å². The Morgan fingerprint density at radius 3 is 1.95 bits per heavy atom. The van der Waals surface area contributed by atoms with E-state index in [-0.39, 0.29) is 18.4 Å². The Morgan fingerprint density at radius 1 is 0.810 bits per heavy atom. The molecule has 0 aliphatic rings. The lowest BCUT2D eigenvalue weighted by atomic mass is 9.88. The molecule has 0 aliphatic heterocycles. The Balaban J connectivity index is 1.61. The second kappa shape index (κ2) is 13.9. The summed E-state index contributed by atoms with van der Waals surface area (Å²) in [6.07, 6.45) is 2.19. The van der Waals surface area contributed by atoms with Crippen LogP contribution < -0.4 is 9.47 Å². The van der Waals surface area contributed by atoms with E-state index in [0.717, 1.165) is 16.7 Å². The number of amides is 2. The first-order valence-corrected chi connectivity index (χ1v) is 14.1. The van der Waals surface area contributed by atoms with Gasteiger partial charge in [0.25, 0.3) is 0 Å². The molecule has 0 spiro atoms. The highest BCUT2D eigenvalue weighted by molar-refractivity contribution is 5.91. The van der Waals surface area contributed by atoms with Gasteiger partial charge in [0.1, 0.15) is 12.3 Å². The van der Waals surface area contributed by atoms with E-state index in [1.165, 1.54) is 0 Å². The van der Waals surface area contributed by atoms with Crippen LogP contribution in [0, 0.1) is 0 Å². The quantitative estimate of drug-likeness (QED) is 0.200. The summed E-state index contributed by atoms with van der Waals surface area (Å²) in [5.41, 5.74) is 2.17. The van der Waals surface area contributed by atoms with Gasteiger partial charge in [0.05, 0.1) is 32.9 Å². The standard InChI is InChI=1S/C35H40N2O5/c1-35(2,3)37(34(39)33(27-13-8-6-9-14-27)28-15-10-7-11-16-28)25-32(38)36(24-29-17-12-22-42-29)21-20-26-18-19-30(40-4)31(23-26)41-5/h6-19,22-23,33H,20-21,24-25H2,1-5H3. The topological polar surface area (TPSA) is 72.2 Å². The van der Waals surface area contributed by atoms with Crippen LogP contribution >= 0.6 is 0 Å². The monoisotopic (exact) mass is 568 g/mol. The molecule has 0 unspecified atom stereocenters. The smallest absolute Gasteiger partial charge is 0.242 e. The minimum absolute atomic E-state index is 0.0643. The Bertz CT molecular complexity index is 1390. The molecule has 1 aromatic heterocycles. The van der Waals surface area contributed by atoms with Crippen molar-refractivity contribution in [2.45, 2.75) is 45.2 Å². The summed E-state index contributed by atoms with van der Waals surface area (Å²) < 4.78 is 16.4. The van der Waals surface area contributed by atoms with Crippen LogP contribution in [0.5, 0.6) is 11.5 Å². The molecule has 4 rings (SSSR count). The van der Waals surface area contributed by atoms with Gasteiger partial charge in [0, 0.05) is 12.1 Å². The van der Waals surface area contributed by atoms with Gasteiger partial charge in [-0.25, -0.2) is 0 Å². The second-order valence-corrected chi connectivity index (χ2v) is 11.2. The maximum atomic E-state index is 14.4. The summed E-state index contributed by atoms with van der Waals surface area (Å²) in [4.78, 5) is 31.9. The summed E-state index contributed by atoms with van der Waals surface area (Å²) in [5, 5.41) is 0. The third kappa shape index (κ3) is 7.60. The van der Waals surface area contributed by atoms with Crippen LogP contribution in [0.3, 0.4) is 0 Å². The molecule has 2 amide bonds. The van der Waals surface area contributed by atoms with Gasteiger partial charge < -0.3 is 23.7 Å². The number of carbonyl (C=O) groups excluding carboxylic acids is 2. The molecule has 1 heterocycles. The maximum Gasteiger partial charge on any atom is 0.242 e. The van der Waals surface area contributed by atoms with E-state index in [2.05, 4.69) is 0 Å². The molecule has 0 atom stereocenters. The number of ether oxygens (including phenoxy) is 2. The van der Waals surface area contributed by atoms with Crippen molar-refractivity contribution in [2.24, 2.45) is 0 Å². The van der Waals surface area contributed by atoms with Crippen LogP contribution in [0.15, 0.2) is 102 Å². The highest BCUT2D eigenvalue weighted by Crippen LogP contribution is 2.30. The number of benzene rings is 3. The van der Waals surface area contributed by atoms with Gasteiger partial charge in [-0.3, -0.25) is 9.59 Å². The molecule has 0 aliphatic carbocycles. The molecule has 7 nitrogen and oxygen atoms in total. The molecule has 7 heteroatoms. The summed E-state index contributed by atoms with van der Waals surface area (Å²) >= 11 is 0. The van der Waals surface area contributed by atoms with Crippen molar-refractivity contribution in [3.8, 4) is 11.5 Å². The largest absolute Gasteiger partial charge is 0.493 e.